The molecule has 1 rings (SSSR count). The van der Waals surface area contributed by atoms with E-state index in [2.05, 4.69) is 5.32 Å². The topological polar surface area (TPSA) is 55.1 Å². The molecule has 88 valence electrons. The van der Waals surface area contributed by atoms with Gasteiger partial charge in [-0.2, -0.15) is 0 Å². The maximum absolute atomic E-state index is 11.5. The van der Waals surface area contributed by atoms with E-state index < -0.39 is 6.04 Å². The third-order valence-electron chi connectivity index (χ3n) is 2.03. The van der Waals surface area contributed by atoms with Gasteiger partial charge >= 0.3 is 0 Å². The van der Waals surface area contributed by atoms with Crippen molar-refractivity contribution in [2.45, 2.75) is 19.4 Å². The zero-order valence-electron chi connectivity index (χ0n) is 8.56. The van der Waals surface area contributed by atoms with Gasteiger partial charge in [0.1, 0.15) is 0 Å². The van der Waals surface area contributed by atoms with Gasteiger partial charge in [0.2, 0.25) is 5.91 Å². The lowest BCUT2D eigenvalue weighted by atomic mass is 10.2. The van der Waals surface area contributed by atoms with Crippen molar-refractivity contribution < 1.29 is 4.79 Å². The molecular formula is C10H11Cl3N2O. The van der Waals surface area contributed by atoms with E-state index >= 15 is 0 Å². The lowest BCUT2D eigenvalue weighted by Gasteiger charge is -2.12. The molecule has 3 nitrogen and oxygen atoms in total. The number of anilines is 1. The van der Waals surface area contributed by atoms with Crippen LogP contribution in [0.1, 0.15) is 13.3 Å². The van der Waals surface area contributed by atoms with Crippen LogP contribution in [0.2, 0.25) is 15.1 Å². The van der Waals surface area contributed by atoms with Crippen LogP contribution >= 0.6 is 34.8 Å². The minimum Gasteiger partial charge on any atom is -0.322 e. The van der Waals surface area contributed by atoms with E-state index in [0.717, 1.165) is 0 Å². The Hall–Kier alpha value is -0.480. The monoisotopic (exact) mass is 280 g/mol. The van der Waals surface area contributed by atoms with Crippen LogP contribution in [0.3, 0.4) is 0 Å². The number of hydrogen-bond donors (Lipinski definition) is 2. The fourth-order valence-corrected chi connectivity index (χ4v) is 1.97. The van der Waals surface area contributed by atoms with E-state index in [1.54, 1.807) is 0 Å². The number of halogens is 3. The number of hydrogen-bond acceptors (Lipinski definition) is 2. The van der Waals surface area contributed by atoms with Gasteiger partial charge < -0.3 is 11.1 Å². The maximum Gasteiger partial charge on any atom is 0.241 e. The molecule has 1 amide bonds. The zero-order valence-corrected chi connectivity index (χ0v) is 10.8. The molecule has 0 fully saturated rings. The van der Waals surface area contributed by atoms with Crippen molar-refractivity contribution in [3.63, 3.8) is 0 Å². The zero-order chi connectivity index (χ0) is 12.3. The predicted octanol–water partition coefficient (Wildman–Crippen LogP) is 3.32. The molecule has 1 atom stereocenters. The van der Waals surface area contributed by atoms with Crippen LogP contribution in [0.25, 0.3) is 0 Å². The van der Waals surface area contributed by atoms with Gasteiger partial charge in [0, 0.05) is 5.02 Å². The summed E-state index contributed by atoms with van der Waals surface area (Å²) in [6.07, 6.45) is 0.536. The number of nitrogens with two attached hydrogens (primary N) is 1. The molecule has 6 heteroatoms. The van der Waals surface area contributed by atoms with Crippen LogP contribution in [0.15, 0.2) is 12.1 Å². The average molecular weight is 282 g/mol. The summed E-state index contributed by atoms with van der Waals surface area (Å²) in [6.45, 7) is 1.81. The number of rotatable bonds is 3. The predicted molar refractivity (Wildman–Crippen MR) is 68.4 cm³/mol. The Morgan fingerprint density at radius 2 is 1.88 bits per heavy atom. The smallest absolute Gasteiger partial charge is 0.241 e. The van der Waals surface area contributed by atoms with Crippen LogP contribution in [0.5, 0.6) is 0 Å². The number of amides is 1. The molecule has 0 aliphatic heterocycles. The molecule has 0 bridgehead atoms. The number of nitrogens with one attached hydrogen (secondary N) is 1. The van der Waals surface area contributed by atoms with Gasteiger partial charge in [0.15, 0.2) is 0 Å². The fourth-order valence-electron chi connectivity index (χ4n) is 1.06. The first-order valence-electron chi connectivity index (χ1n) is 4.66. The van der Waals surface area contributed by atoms with Crippen molar-refractivity contribution in [1.29, 1.82) is 0 Å². The molecule has 16 heavy (non-hydrogen) atoms. The van der Waals surface area contributed by atoms with E-state index in [9.17, 15) is 4.79 Å². The van der Waals surface area contributed by atoms with Gasteiger partial charge in [-0.3, -0.25) is 4.79 Å². The van der Waals surface area contributed by atoms with Crippen LogP contribution in [-0.4, -0.2) is 11.9 Å². The number of carbonyl (C=O) groups is 1. The number of benzene rings is 1. The summed E-state index contributed by atoms with van der Waals surface area (Å²) < 4.78 is 0. The SMILES string of the molecule is CC[C@H](N)C(=O)Nc1c(Cl)cc(Cl)cc1Cl. The second kappa shape index (κ2) is 5.73. The Bertz CT molecular complexity index is 386. The molecular weight excluding hydrogens is 270 g/mol. The van der Waals surface area contributed by atoms with Crippen LogP contribution < -0.4 is 11.1 Å². The van der Waals surface area contributed by atoms with Crippen molar-refractivity contribution >= 4 is 46.4 Å². The van der Waals surface area contributed by atoms with E-state index in [-0.39, 0.29) is 16.0 Å². The first kappa shape index (κ1) is 13.6. The fraction of sp³-hybridized carbons (Fsp3) is 0.300. The highest BCUT2D eigenvalue weighted by Crippen LogP contribution is 2.33. The van der Waals surface area contributed by atoms with Crippen molar-refractivity contribution in [3.8, 4) is 0 Å². The van der Waals surface area contributed by atoms with Gasteiger partial charge in [0.05, 0.1) is 21.8 Å². The Morgan fingerprint density at radius 3 is 2.31 bits per heavy atom. The molecule has 0 unspecified atom stereocenters. The lowest BCUT2D eigenvalue weighted by molar-refractivity contribution is -0.117. The second-order valence-electron chi connectivity index (χ2n) is 3.25. The van der Waals surface area contributed by atoms with Crippen molar-refractivity contribution in [3.05, 3.63) is 27.2 Å². The highest BCUT2D eigenvalue weighted by molar-refractivity contribution is 6.42. The summed E-state index contributed by atoms with van der Waals surface area (Å²) in [5.41, 5.74) is 5.90. The van der Waals surface area contributed by atoms with E-state index in [1.165, 1.54) is 12.1 Å². The summed E-state index contributed by atoms with van der Waals surface area (Å²) in [5, 5.41) is 3.55. The molecule has 0 saturated heterocycles. The van der Waals surface area contributed by atoms with Crippen molar-refractivity contribution in [2.24, 2.45) is 5.73 Å². The third-order valence-corrected chi connectivity index (χ3v) is 2.85. The summed E-state index contributed by atoms with van der Waals surface area (Å²) in [4.78, 5) is 11.5. The Kier molecular flexibility index (Phi) is 4.87. The Labute approximate surface area is 109 Å². The molecule has 1 aromatic carbocycles. The quantitative estimate of drug-likeness (QED) is 0.893. The summed E-state index contributed by atoms with van der Waals surface area (Å²) in [5.74, 6) is -0.325. The maximum atomic E-state index is 11.5. The van der Waals surface area contributed by atoms with Gasteiger partial charge in [0.25, 0.3) is 0 Å². The van der Waals surface area contributed by atoms with Crippen molar-refractivity contribution in [2.75, 3.05) is 5.32 Å². The number of carbonyl (C=O) groups excluding carboxylic acids is 1. The normalized spacial score (nSPS) is 12.3. The summed E-state index contributed by atoms with van der Waals surface area (Å²) >= 11 is 17.5. The molecule has 0 radical (unpaired) electrons. The molecule has 1 aromatic rings. The highest BCUT2D eigenvalue weighted by atomic mass is 35.5. The highest BCUT2D eigenvalue weighted by Gasteiger charge is 2.15. The Morgan fingerprint density at radius 1 is 1.38 bits per heavy atom. The van der Waals surface area contributed by atoms with Gasteiger partial charge in [-0.15, -0.1) is 0 Å². The molecule has 0 spiro atoms. The standard InChI is InChI=1S/C10H11Cl3N2O/c1-2-8(14)10(16)15-9-6(12)3-5(11)4-7(9)13/h3-4,8H,2,14H2,1H3,(H,15,16)/t8-/m0/s1. The molecule has 3 N–H and O–H groups in total. The van der Waals surface area contributed by atoms with E-state index in [0.29, 0.717) is 17.1 Å². The molecule has 0 heterocycles. The van der Waals surface area contributed by atoms with Crippen molar-refractivity contribution in [1.82, 2.24) is 0 Å². The molecule has 0 saturated carbocycles. The minimum absolute atomic E-state index is 0.286. The third kappa shape index (κ3) is 3.25. The summed E-state index contributed by atoms with van der Waals surface area (Å²) in [6, 6.07) is 2.42. The first-order chi connectivity index (χ1) is 7.45. The van der Waals surface area contributed by atoms with Gasteiger partial charge in [-0.05, 0) is 18.6 Å². The molecule has 0 aromatic heterocycles. The molecule has 0 aliphatic rings. The Balaban J connectivity index is 2.93. The van der Waals surface area contributed by atoms with Crippen LogP contribution in [-0.2, 0) is 4.79 Å². The largest absolute Gasteiger partial charge is 0.322 e. The minimum atomic E-state index is -0.581. The van der Waals surface area contributed by atoms with E-state index in [4.69, 9.17) is 40.5 Å². The average Bonchev–Trinajstić information content (AvgIpc) is 2.21. The van der Waals surface area contributed by atoms with Crippen LogP contribution in [0.4, 0.5) is 5.69 Å². The summed E-state index contributed by atoms with van der Waals surface area (Å²) in [7, 11) is 0. The first-order valence-corrected chi connectivity index (χ1v) is 5.80. The van der Waals surface area contributed by atoms with E-state index in [1.807, 2.05) is 6.92 Å². The second-order valence-corrected chi connectivity index (χ2v) is 4.50. The van der Waals surface area contributed by atoms with Gasteiger partial charge in [-0.1, -0.05) is 41.7 Å². The lowest BCUT2D eigenvalue weighted by Crippen LogP contribution is -2.34. The van der Waals surface area contributed by atoms with Crippen LogP contribution in [0, 0.1) is 0 Å². The van der Waals surface area contributed by atoms with Gasteiger partial charge in [-0.25, -0.2) is 0 Å². The molecule has 0 aliphatic carbocycles.